The van der Waals surface area contributed by atoms with Gasteiger partial charge >= 0.3 is 0 Å². The molecule has 2 aliphatic rings. The molecular formula is C13H17F2N3O2S. The molecule has 0 bridgehead atoms. The molecule has 0 radical (unpaired) electrons. The highest BCUT2D eigenvalue weighted by Gasteiger charge is 2.37. The molecule has 21 heavy (non-hydrogen) atoms. The van der Waals surface area contributed by atoms with Gasteiger partial charge in [-0.25, -0.2) is 17.2 Å². The van der Waals surface area contributed by atoms with Crippen LogP contribution in [0.3, 0.4) is 0 Å². The Morgan fingerprint density at radius 3 is 2.05 bits per heavy atom. The molecule has 1 aliphatic carbocycles. The van der Waals surface area contributed by atoms with Crippen molar-refractivity contribution in [2.75, 3.05) is 31.9 Å². The van der Waals surface area contributed by atoms with E-state index >= 15 is 0 Å². The summed E-state index contributed by atoms with van der Waals surface area (Å²) in [6, 6.07) is 2.21. The van der Waals surface area contributed by atoms with Crippen LogP contribution in [0.5, 0.6) is 0 Å². The van der Waals surface area contributed by atoms with E-state index in [0.717, 1.165) is 29.3 Å². The predicted octanol–water partition coefficient (Wildman–Crippen LogP) is 1.02. The summed E-state index contributed by atoms with van der Waals surface area (Å²) >= 11 is 0. The minimum atomic E-state index is -4.17. The van der Waals surface area contributed by atoms with Crippen molar-refractivity contribution >= 4 is 15.7 Å². The lowest BCUT2D eigenvalue weighted by Gasteiger charge is -2.34. The van der Waals surface area contributed by atoms with E-state index < -0.39 is 26.6 Å². The molecule has 116 valence electrons. The van der Waals surface area contributed by atoms with Gasteiger partial charge in [0.1, 0.15) is 11.6 Å². The second-order valence-electron chi connectivity index (χ2n) is 5.48. The lowest BCUT2D eigenvalue weighted by molar-refractivity contribution is 0.180. The van der Waals surface area contributed by atoms with Gasteiger partial charge in [-0.3, -0.25) is 4.90 Å². The average molecular weight is 317 g/mol. The van der Waals surface area contributed by atoms with Crippen LogP contribution >= 0.6 is 0 Å². The summed E-state index contributed by atoms with van der Waals surface area (Å²) in [6.45, 7) is 1.70. The van der Waals surface area contributed by atoms with Gasteiger partial charge in [0.15, 0.2) is 4.90 Å². The minimum Gasteiger partial charge on any atom is -0.399 e. The number of sulfonamides is 1. The predicted molar refractivity (Wildman–Crippen MR) is 74.1 cm³/mol. The van der Waals surface area contributed by atoms with Crippen LogP contribution in [0.15, 0.2) is 17.0 Å². The molecule has 2 N–H and O–H groups in total. The number of nitrogen functional groups attached to an aromatic ring is 1. The van der Waals surface area contributed by atoms with E-state index in [1.54, 1.807) is 0 Å². The topological polar surface area (TPSA) is 66.6 Å². The van der Waals surface area contributed by atoms with Gasteiger partial charge in [0, 0.05) is 37.9 Å². The van der Waals surface area contributed by atoms with E-state index in [-0.39, 0.29) is 18.8 Å². The molecule has 0 aromatic heterocycles. The third kappa shape index (κ3) is 2.75. The van der Waals surface area contributed by atoms with Crippen molar-refractivity contribution in [2.24, 2.45) is 0 Å². The maximum atomic E-state index is 13.8. The molecule has 0 atom stereocenters. The number of rotatable bonds is 3. The van der Waals surface area contributed by atoms with Gasteiger partial charge in [-0.15, -0.1) is 0 Å². The quantitative estimate of drug-likeness (QED) is 0.845. The molecule has 0 amide bonds. The SMILES string of the molecule is Nc1cc(F)c(S(=O)(=O)N2CCN(C3CC3)CC2)c(F)c1. The minimum absolute atomic E-state index is 0.137. The van der Waals surface area contributed by atoms with Crippen LogP contribution in [-0.2, 0) is 10.0 Å². The van der Waals surface area contributed by atoms with Gasteiger partial charge in [0.25, 0.3) is 0 Å². The molecule has 1 aliphatic heterocycles. The van der Waals surface area contributed by atoms with E-state index in [9.17, 15) is 17.2 Å². The van der Waals surface area contributed by atoms with E-state index in [1.807, 2.05) is 0 Å². The molecule has 0 unspecified atom stereocenters. The van der Waals surface area contributed by atoms with Gasteiger partial charge in [0.2, 0.25) is 10.0 Å². The second kappa shape index (κ2) is 5.19. The van der Waals surface area contributed by atoms with Crippen molar-refractivity contribution < 1.29 is 17.2 Å². The van der Waals surface area contributed by atoms with Crippen molar-refractivity contribution in [1.29, 1.82) is 0 Å². The van der Waals surface area contributed by atoms with Crippen LogP contribution < -0.4 is 5.73 Å². The summed E-state index contributed by atoms with van der Waals surface area (Å²) in [7, 11) is -4.17. The first-order valence-corrected chi connectivity index (χ1v) is 8.32. The third-order valence-electron chi connectivity index (χ3n) is 3.95. The van der Waals surface area contributed by atoms with Gasteiger partial charge in [-0.2, -0.15) is 4.31 Å². The molecular weight excluding hydrogens is 300 g/mol. The van der Waals surface area contributed by atoms with Crippen LogP contribution in [0.1, 0.15) is 12.8 Å². The fourth-order valence-electron chi connectivity index (χ4n) is 2.70. The molecule has 1 saturated heterocycles. The molecule has 3 rings (SSSR count). The number of nitrogens with zero attached hydrogens (tertiary/aromatic N) is 2. The smallest absolute Gasteiger partial charge is 0.249 e. The maximum Gasteiger partial charge on any atom is 0.249 e. The molecule has 8 heteroatoms. The number of halogens is 2. The second-order valence-corrected chi connectivity index (χ2v) is 7.36. The van der Waals surface area contributed by atoms with Crippen LogP contribution in [0, 0.1) is 11.6 Å². The van der Waals surface area contributed by atoms with E-state index in [4.69, 9.17) is 5.73 Å². The van der Waals surface area contributed by atoms with Gasteiger partial charge in [-0.1, -0.05) is 0 Å². The van der Waals surface area contributed by atoms with Crippen molar-refractivity contribution in [1.82, 2.24) is 9.21 Å². The third-order valence-corrected chi connectivity index (χ3v) is 5.91. The Bertz CT molecular complexity index is 630. The average Bonchev–Trinajstić information content (AvgIpc) is 3.21. The van der Waals surface area contributed by atoms with Crippen molar-refractivity contribution in [2.45, 2.75) is 23.8 Å². The van der Waals surface area contributed by atoms with Crippen LogP contribution in [0.25, 0.3) is 0 Å². The van der Waals surface area contributed by atoms with Crippen molar-refractivity contribution in [3.8, 4) is 0 Å². The number of nitrogens with two attached hydrogens (primary N) is 1. The number of benzene rings is 1. The maximum absolute atomic E-state index is 13.8. The lowest BCUT2D eigenvalue weighted by atomic mass is 10.3. The fraction of sp³-hybridized carbons (Fsp3) is 0.538. The lowest BCUT2D eigenvalue weighted by Crippen LogP contribution is -2.49. The number of hydrogen-bond acceptors (Lipinski definition) is 4. The van der Waals surface area contributed by atoms with E-state index in [0.29, 0.717) is 19.1 Å². The number of anilines is 1. The zero-order valence-corrected chi connectivity index (χ0v) is 12.2. The highest BCUT2D eigenvalue weighted by molar-refractivity contribution is 7.89. The van der Waals surface area contributed by atoms with Crippen LogP contribution in [0.4, 0.5) is 14.5 Å². The Morgan fingerprint density at radius 2 is 1.57 bits per heavy atom. The highest BCUT2D eigenvalue weighted by Crippen LogP contribution is 2.30. The summed E-state index contributed by atoms with van der Waals surface area (Å²) < 4.78 is 53.7. The molecule has 1 saturated carbocycles. The normalized spacial score (nSPS) is 21.6. The van der Waals surface area contributed by atoms with Gasteiger partial charge in [0.05, 0.1) is 0 Å². The van der Waals surface area contributed by atoms with Gasteiger partial charge < -0.3 is 5.73 Å². The molecule has 1 aromatic rings. The van der Waals surface area contributed by atoms with Crippen LogP contribution in [0.2, 0.25) is 0 Å². The zero-order valence-electron chi connectivity index (χ0n) is 11.4. The highest BCUT2D eigenvalue weighted by atomic mass is 32.2. The number of piperazine rings is 1. The largest absolute Gasteiger partial charge is 0.399 e. The summed E-state index contributed by atoms with van der Waals surface area (Å²) in [5.74, 6) is -2.28. The van der Waals surface area contributed by atoms with Gasteiger partial charge in [-0.05, 0) is 25.0 Å². The Labute approximate surface area is 122 Å². The summed E-state index contributed by atoms with van der Waals surface area (Å²) in [5, 5.41) is 0. The Morgan fingerprint density at radius 1 is 1.05 bits per heavy atom. The van der Waals surface area contributed by atoms with Crippen LogP contribution in [-0.4, -0.2) is 49.8 Å². The standard InChI is InChI=1S/C13H17F2N3O2S/c14-11-7-9(16)8-12(15)13(11)21(19,20)18-5-3-17(4-6-18)10-1-2-10/h7-8,10H,1-6,16H2. The first-order chi connectivity index (χ1) is 9.89. The summed E-state index contributed by atoms with van der Waals surface area (Å²) in [5.41, 5.74) is 5.18. The molecule has 1 aromatic carbocycles. The Hall–Kier alpha value is -1.25. The first kappa shape index (κ1) is 14.7. The Kier molecular flexibility index (Phi) is 3.62. The van der Waals surface area contributed by atoms with E-state index in [2.05, 4.69) is 4.90 Å². The van der Waals surface area contributed by atoms with Crippen molar-refractivity contribution in [3.63, 3.8) is 0 Å². The van der Waals surface area contributed by atoms with Crippen molar-refractivity contribution in [3.05, 3.63) is 23.8 Å². The molecule has 1 heterocycles. The Balaban J connectivity index is 1.84. The summed E-state index contributed by atoms with van der Waals surface area (Å²) in [6.07, 6.45) is 2.29. The molecule has 5 nitrogen and oxygen atoms in total. The summed E-state index contributed by atoms with van der Waals surface area (Å²) in [4.78, 5) is 1.32. The van der Waals surface area contributed by atoms with E-state index in [1.165, 1.54) is 0 Å². The molecule has 0 spiro atoms. The number of hydrogen-bond donors (Lipinski definition) is 1. The fourth-order valence-corrected chi connectivity index (χ4v) is 4.22. The zero-order chi connectivity index (χ0) is 15.2. The first-order valence-electron chi connectivity index (χ1n) is 6.88. The monoisotopic (exact) mass is 317 g/mol. The molecule has 2 fully saturated rings.